The average molecular weight is 242 g/mol. The maximum Gasteiger partial charge on any atom is 0.305 e. The fourth-order valence-electron chi connectivity index (χ4n) is 1.70. The molecule has 0 aliphatic rings. The van der Waals surface area contributed by atoms with Gasteiger partial charge in [0.25, 0.3) is 0 Å². The number of hydrogen-bond acceptors (Lipinski definition) is 3. The summed E-state index contributed by atoms with van der Waals surface area (Å²) in [5.74, 6) is -0.0585. The quantitative estimate of drug-likeness (QED) is 0.875. The van der Waals surface area contributed by atoms with Crippen LogP contribution in [-0.4, -0.2) is 22.6 Å². The molecule has 0 unspecified atom stereocenters. The van der Waals surface area contributed by atoms with Crippen LogP contribution in [0.2, 0.25) is 0 Å². The molecule has 1 N–H and O–H groups in total. The van der Waals surface area contributed by atoms with Gasteiger partial charge in [-0.05, 0) is 24.3 Å². The minimum atomic E-state index is -0.813. The molecule has 0 aliphatic carbocycles. The first kappa shape index (κ1) is 12.1. The molecule has 0 amide bonds. The van der Waals surface area contributed by atoms with Crippen molar-refractivity contribution in [2.75, 3.05) is 11.4 Å². The second kappa shape index (κ2) is 5.82. The second-order valence-electron chi connectivity index (χ2n) is 3.82. The molecule has 0 fully saturated rings. The third-order valence-electron chi connectivity index (χ3n) is 2.54. The Labute approximate surface area is 106 Å². The van der Waals surface area contributed by atoms with Crippen molar-refractivity contribution in [2.45, 2.75) is 6.42 Å². The lowest BCUT2D eigenvalue weighted by Crippen LogP contribution is -2.21. The van der Waals surface area contributed by atoms with Crippen LogP contribution in [-0.2, 0) is 4.79 Å². The third kappa shape index (κ3) is 3.07. The lowest BCUT2D eigenvalue weighted by Gasteiger charge is -2.22. The van der Waals surface area contributed by atoms with Crippen molar-refractivity contribution >= 4 is 17.5 Å². The van der Waals surface area contributed by atoms with E-state index in [4.69, 9.17) is 5.11 Å². The molecular formula is C14H14N2O2. The molecule has 0 saturated carbocycles. The standard InChI is InChI=1S/C14H14N2O2/c17-14(18)9-11-16(12-6-2-1-3-7-12)13-8-4-5-10-15-13/h1-8,10H,9,11H2,(H,17,18). The van der Waals surface area contributed by atoms with E-state index in [-0.39, 0.29) is 6.42 Å². The van der Waals surface area contributed by atoms with Gasteiger partial charge in [-0.25, -0.2) is 4.98 Å². The van der Waals surface area contributed by atoms with Gasteiger partial charge in [-0.1, -0.05) is 24.3 Å². The van der Waals surface area contributed by atoms with Crippen LogP contribution < -0.4 is 4.90 Å². The summed E-state index contributed by atoms with van der Waals surface area (Å²) in [5, 5.41) is 8.81. The van der Waals surface area contributed by atoms with Gasteiger partial charge in [0.05, 0.1) is 6.42 Å². The van der Waals surface area contributed by atoms with E-state index in [1.165, 1.54) is 0 Å². The first-order valence-corrected chi connectivity index (χ1v) is 5.73. The molecule has 18 heavy (non-hydrogen) atoms. The molecule has 2 rings (SSSR count). The van der Waals surface area contributed by atoms with Crippen molar-refractivity contribution in [2.24, 2.45) is 0 Å². The van der Waals surface area contributed by atoms with Crippen LogP contribution in [0, 0.1) is 0 Å². The van der Waals surface area contributed by atoms with E-state index in [2.05, 4.69) is 4.98 Å². The number of hydrogen-bond donors (Lipinski definition) is 1. The van der Waals surface area contributed by atoms with E-state index in [9.17, 15) is 4.79 Å². The zero-order valence-corrected chi connectivity index (χ0v) is 9.86. The molecule has 0 saturated heterocycles. The van der Waals surface area contributed by atoms with Crippen molar-refractivity contribution in [3.05, 3.63) is 54.7 Å². The van der Waals surface area contributed by atoms with Crippen LogP contribution in [0.15, 0.2) is 54.7 Å². The molecule has 0 spiro atoms. The molecule has 1 aromatic heterocycles. The van der Waals surface area contributed by atoms with Gasteiger partial charge in [0.1, 0.15) is 5.82 Å². The summed E-state index contributed by atoms with van der Waals surface area (Å²) in [5.41, 5.74) is 0.942. The van der Waals surface area contributed by atoms with Crippen LogP contribution >= 0.6 is 0 Å². The zero-order chi connectivity index (χ0) is 12.8. The predicted molar refractivity (Wildman–Crippen MR) is 69.9 cm³/mol. The Morgan fingerprint density at radius 2 is 1.83 bits per heavy atom. The number of benzene rings is 1. The summed E-state index contributed by atoms with van der Waals surface area (Å²) in [4.78, 5) is 16.9. The number of carboxylic acids is 1. The highest BCUT2D eigenvalue weighted by Gasteiger charge is 2.11. The molecule has 0 radical (unpaired) electrons. The van der Waals surface area contributed by atoms with Crippen molar-refractivity contribution in [1.29, 1.82) is 0 Å². The molecule has 2 aromatic rings. The summed E-state index contributed by atoms with van der Waals surface area (Å²) in [6.45, 7) is 0.399. The number of aliphatic carboxylic acids is 1. The lowest BCUT2D eigenvalue weighted by molar-refractivity contribution is -0.136. The highest BCUT2D eigenvalue weighted by atomic mass is 16.4. The van der Waals surface area contributed by atoms with E-state index >= 15 is 0 Å². The van der Waals surface area contributed by atoms with E-state index in [0.29, 0.717) is 6.54 Å². The van der Waals surface area contributed by atoms with Gasteiger partial charge >= 0.3 is 5.97 Å². The van der Waals surface area contributed by atoms with Gasteiger partial charge < -0.3 is 10.0 Å². The van der Waals surface area contributed by atoms with Crippen LogP contribution in [0.1, 0.15) is 6.42 Å². The number of anilines is 2. The summed E-state index contributed by atoms with van der Waals surface area (Å²) >= 11 is 0. The molecule has 1 heterocycles. The largest absolute Gasteiger partial charge is 0.481 e. The maximum atomic E-state index is 10.7. The molecule has 0 bridgehead atoms. The van der Waals surface area contributed by atoms with Gasteiger partial charge in [0.2, 0.25) is 0 Å². The first-order valence-electron chi connectivity index (χ1n) is 5.73. The molecule has 4 heteroatoms. The number of rotatable bonds is 5. The molecule has 0 aliphatic heterocycles. The van der Waals surface area contributed by atoms with E-state index in [1.54, 1.807) is 6.20 Å². The fraction of sp³-hybridized carbons (Fsp3) is 0.143. The van der Waals surface area contributed by atoms with E-state index in [1.807, 2.05) is 53.4 Å². The number of carbonyl (C=O) groups is 1. The van der Waals surface area contributed by atoms with Crippen LogP contribution in [0.3, 0.4) is 0 Å². The highest BCUT2D eigenvalue weighted by Crippen LogP contribution is 2.22. The SMILES string of the molecule is O=C(O)CCN(c1ccccc1)c1ccccn1. The van der Waals surface area contributed by atoms with E-state index in [0.717, 1.165) is 11.5 Å². The third-order valence-corrected chi connectivity index (χ3v) is 2.54. The number of pyridine rings is 1. The van der Waals surface area contributed by atoms with Gasteiger partial charge in [-0.3, -0.25) is 4.79 Å². The predicted octanol–water partition coefficient (Wildman–Crippen LogP) is 2.69. The second-order valence-corrected chi connectivity index (χ2v) is 3.82. The van der Waals surface area contributed by atoms with Gasteiger partial charge in [0, 0.05) is 18.4 Å². The van der Waals surface area contributed by atoms with Crippen molar-refractivity contribution < 1.29 is 9.90 Å². The molecule has 92 valence electrons. The minimum absolute atomic E-state index is 0.0749. The van der Waals surface area contributed by atoms with Gasteiger partial charge in [-0.15, -0.1) is 0 Å². The number of carboxylic acid groups (broad SMARTS) is 1. The highest BCUT2D eigenvalue weighted by molar-refractivity contribution is 5.69. The zero-order valence-electron chi connectivity index (χ0n) is 9.86. The van der Waals surface area contributed by atoms with Gasteiger partial charge in [0.15, 0.2) is 0 Å². The summed E-state index contributed by atoms with van der Waals surface area (Å²) in [7, 11) is 0. The molecule has 0 atom stereocenters. The van der Waals surface area contributed by atoms with Crippen LogP contribution in [0.5, 0.6) is 0 Å². The Balaban J connectivity index is 2.26. The summed E-state index contributed by atoms with van der Waals surface area (Å²) < 4.78 is 0. The summed E-state index contributed by atoms with van der Waals surface area (Å²) in [6.07, 6.45) is 1.78. The normalized spacial score (nSPS) is 10.0. The minimum Gasteiger partial charge on any atom is -0.481 e. The van der Waals surface area contributed by atoms with Crippen LogP contribution in [0.25, 0.3) is 0 Å². The van der Waals surface area contributed by atoms with Crippen molar-refractivity contribution in [1.82, 2.24) is 4.98 Å². The average Bonchev–Trinajstić information content (AvgIpc) is 2.41. The smallest absolute Gasteiger partial charge is 0.305 e. The Morgan fingerprint density at radius 1 is 1.11 bits per heavy atom. The van der Waals surface area contributed by atoms with Crippen molar-refractivity contribution in [3.63, 3.8) is 0 Å². The Kier molecular flexibility index (Phi) is 3.91. The van der Waals surface area contributed by atoms with E-state index < -0.39 is 5.97 Å². The van der Waals surface area contributed by atoms with Gasteiger partial charge in [-0.2, -0.15) is 0 Å². The fourth-order valence-corrected chi connectivity index (χ4v) is 1.70. The molecular weight excluding hydrogens is 228 g/mol. The Morgan fingerprint density at radius 3 is 2.44 bits per heavy atom. The summed E-state index contributed by atoms with van der Waals surface area (Å²) in [6, 6.07) is 15.3. The maximum absolute atomic E-state index is 10.7. The molecule has 4 nitrogen and oxygen atoms in total. The van der Waals surface area contributed by atoms with Crippen molar-refractivity contribution in [3.8, 4) is 0 Å². The molecule has 1 aromatic carbocycles. The topological polar surface area (TPSA) is 53.4 Å². The lowest BCUT2D eigenvalue weighted by atomic mass is 10.2. The monoisotopic (exact) mass is 242 g/mol. The van der Waals surface area contributed by atoms with Crippen LogP contribution in [0.4, 0.5) is 11.5 Å². The number of aromatic nitrogens is 1. The number of nitrogens with zero attached hydrogens (tertiary/aromatic N) is 2. The number of para-hydroxylation sites is 1. The Hall–Kier alpha value is -2.36. The first-order chi connectivity index (χ1) is 8.77. The Bertz CT molecular complexity index is 460.